The van der Waals surface area contributed by atoms with Gasteiger partial charge in [-0.1, -0.05) is 30.3 Å². The van der Waals surface area contributed by atoms with Crippen molar-refractivity contribution in [3.05, 3.63) is 94.8 Å². The molecule has 6 rings (SSSR count). The van der Waals surface area contributed by atoms with E-state index in [1.165, 1.54) is 13.2 Å². The molecule has 0 fully saturated rings. The number of hydrogen-bond acceptors (Lipinski definition) is 7. The molecule has 212 valence electrons. The van der Waals surface area contributed by atoms with Crippen LogP contribution in [-0.4, -0.2) is 36.8 Å². The fourth-order valence-electron chi connectivity index (χ4n) is 5.69. The van der Waals surface area contributed by atoms with Crippen LogP contribution in [0.1, 0.15) is 49.3 Å². The molecular weight excluding hydrogens is 527 g/mol. The highest BCUT2D eigenvalue weighted by molar-refractivity contribution is 5.97. The van der Waals surface area contributed by atoms with Gasteiger partial charge < -0.3 is 23.8 Å². The van der Waals surface area contributed by atoms with Crippen LogP contribution in [0.4, 0.5) is 4.39 Å². The molecule has 1 N–H and O–H groups in total. The maximum atomic E-state index is 14.8. The fraction of sp³-hybridized carbons (Fsp3) is 0.312. The zero-order valence-corrected chi connectivity index (χ0v) is 22.7. The van der Waals surface area contributed by atoms with Crippen LogP contribution in [0, 0.1) is 5.82 Å². The second-order valence-electron chi connectivity index (χ2n) is 10.3. The van der Waals surface area contributed by atoms with Gasteiger partial charge in [0.15, 0.2) is 23.1 Å². The number of hydrogen-bond donors (Lipinski definition) is 1. The van der Waals surface area contributed by atoms with Crippen molar-refractivity contribution in [3.63, 3.8) is 0 Å². The molecule has 8 nitrogen and oxygen atoms in total. The molecule has 2 unspecified atom stereocenters. The Morgan fingerprint density at radius 2 is 1.85 bits per heavy atom. The second kappa shape index (κ2) is 11.6. The van der Waals surface area contributed by atoms with Gasteiger partial charge in [0.25, 0.3) is 5.91 Å². The van der Waals surface area contributed by atoms with Gasteiger partial charge in [0, 0.05) is 18.2 Å². The Kier molecular flexibility index (Phi) is 7.61. The van der Waals surface area contributed by atoms with Gasteiger partial charge in [-0.25, -0.2) is 4.39 Å². The largest absolute Gasteiger partial charge is 0.469 e. The van der Waals surface area contributed by atoms with Crippen molar-refractivity contribution >= 4 is 11.9 Å². The van der Waals surface area contributed by atoms with E-state index in [1.807, 2.05) is 29.2 Å². The minimum absolute atomic E-state index is 0.0149. The van der Waals surface area contributed by atoms with Crippen molar-refractivity contribution in [2.24, 2.45) is 0 Å². The van der Waals surface area contributed by atoms with Gasteiger partial charge in [-0.05, 0) is 78.8 Å². The Morgan fingerprint density at radius 3 is 2.68 bits per heavy atom. The Bertz CT molecular complexity index is 1490. The fourth-order valence-corrected chi connectivity index (χ4v) is 5.69. The predicted octanol–water partition coefficient (Wildman–Crippen LogP) is 5.78. The number of benzene rings is 3. The number of amides is 1. The van der Waals surface area contributed by atoms with Crippen molar-refractivity contribution < 1.29 is 32.9 Å². The summed E-state index contributed by atoms with van der Waals surface area (Å²) in [5, 5.41) is 3.57. The third kappa shape index (κ3) is 5.63. The molecule has 41 heavy (non-hydrogen) atoms. The van der Waals surface area contributed by atoms with Crippen LogP contribution in [0.2, 0.25) is 0 Å². The van der Waals surface area contributed by atoms with Crippen LogP contribution in [0.25, 0.3) is 0 Å². The number of nitrogens with one attached hydrogen (secondary N) is 1. The minimum atomic E-state index is -0.577. The number of methoxy groups -OCH3 is 1. The normalized spacial score (nSPS) is 18.3. The average Bonchev–Trinajstić information content (AvgIpc) is 3.57. The number of carbonyl (C=O) groups excluding carboxylic acids is 2. The summed E-state index contributed by atoms with van der Waals surface area (Å²) < 4.78 is 36.6. The monoisotopic (exact) mass is 558 g/mol. The van der Waals surface area contributed by atoms with Crippen LogP contribution < -0.4 is 19.5 Å². The van der Waals surface area contributed by atoms with E-state index < -0.39 is 24.0 Å². The maximum Gasteiger partial charge on any atom is 0.307 e. The van der Waals surface area contributed by atoms with Crippen molar-refractivity contribution in [3.8, 4) is 23.0 Å². The number of ether oxygens (including phenoxy) is 4. The first kappa shape index (κ1) is 26.8. The lowest BCUT2D eigenvalue weighted by molar-refractivity contribution is -0.141. The van der Waals surface area contributed by atoms with Crippen molar-refractivity contribution in [1.29, 1.82) is 0 Å². The highest BCUT2D eigenvalue weighted by Crippen LogP contribution is 2.39. The quantitative estimate of drug-likeness (QED) is 0.333. The summed E-state index contributed by atoms with van der Waals surface area (Å²) in [5.74, 6) is 0.902. The molecular formula is C32H31FN2O6. The molecule has 1 amide bonds. The first-order valence-corrected chi connectivity index (χ1v) is 13.8. The number of esters is 1. The molecule has 0 bridgehead atoms. The Hall–Kier alpha value is -4.37. The van der Waals surface area contributed by atoms with Crippen LogP contribution in [-0.2, 0) is 20.9 Å². The van der Waals surface area contributed by atoms with Crippen molar-refractivity contribution in [1.82, 2.24) is 10.2 Å². The summed E-state index contributed by atoms with van der Waals surface area (Å²) >= 11 is 0. The van der Waals surface area contributed by atoms with Gasteiger partial charge in [-0.2, -0.15) is 0 Å². The van der Waals surface area contributed by atoms with E-state index in [0.717, 1.165) is 42.4 Å². The zero-order valence-electron chi connectivity index (χ0n) is 22.7. The second-order valence-corrected chi connectivity index (χ2v) is 10.3. The van der Waals surface area contributed by atoms with E-state index in [1.54, 1.807) is 36.4 Å². The third-order valence-electron chi connectivity index (χ3n) is 7.75. The van der Waals surface area contributed by atoms with E-state index in [9.17, 15) is 14.0 Å². The summed E-state index contributed by atoms with van der Waals surface area (Å²) in [4.78, 5) is 28.1. The number of carbonyl (C=O) groups is 2. The maximum absolute atomic E-state index is 14.8. The van der Waals surface area contributed by atoms with Crippen molar-refractivity contribution in [2.45, 2.75) is 50.9 Å². The molecule has 3 aromatic rings. The lowest BCUT2D eigenvalue weighted by Gasteiger charge is -2.32. The highest BCUT2D eigenvalue weighted by Gasteiger charge is 2.41. The number of para-hydroxylation sites is 1. The number of halogens is 1. The molecule has 2 aliphatic heterocycles. The third-order valence-corrected chi connectivity index (χ3v) is 7.75. The van der Waals surface area contributed by atoms with Gasteiger partial charge in [-0.3, -0.25) is 14.9 Å². The molecule has 2 heterocycles. The smallest absolute Gasteiger partial charge is 0.307 e. The lowest BCUT2D eigenvalue weighted by atomic mass is 9.92. The minimum Gasteiger partial charge on any atom is -0.469 e. The number of fused-ring (bicyclic) bond motifs is 1. The van der Waals surface area contributed by atoms with E-state index >= 15 is 0 Å². The average molecular weight is 559 g/mol. The molecule has 9 heteroatoms. The van der Waals surface area contributed by atoms with E-state index in [0.29, 0.717) is 29.4 Å². The molecule has 0 saturated carbocycles. The molecule has 1 aliphatic carbocycles. The molecule has 0 spiro atoms. The van der Waals surface area contributed by atoms with Gasteiger partial charge in [-0.15, -0.1) is 0 Å². The van der Waals surface area contributed by atoms with Gasteiger partial charge in [0.05, 0.1) is 13.5 Å². The molecule has 0 radical (unpaired) electrons. The molecule has 0 aromatic heterocycles. The summed E-state index contributed by atoms with van der Waals surface area (Å²) in [6, 6.07) is 18.6. The first-order chi connectivity index (χ1) is 20.0. The Balaban J connectivity index is 1.32. The van der Waals surface area contributed by atoms with Crippen molar-refractivity contribution in [2.75, 3.05) is 13.9 Å². The Labute approximate surface area is 237 Å². The number of nitrogens with zero attached hydrogens (tertiary/aromatic N) is 1. The zero-order chi connectivity index (χ0) is 28.3. The SMILES string of the molecule is COC(=O)CC(NC1C2=C(CCCC2)C(=O)N1Cc1ccc2c(c1)OCO2)c1ccc(F)c(Oc2ccccc2)c1. The standard InChI is InChI=1S/C32H31FN2O6/c1-38-30(36)17-26(21-12-13-25(33)28(16-21)41-22-7-3-2-4-8-22)34-31-23-9-5-6-10-24(23)32(37)35(31)18-20-11-14-27-29(15-20)40-19-39-27/h2-4,7-8,11-16,26,31,34H,5-6,9-10,17-19H2,1H3. The number of rotatable bonds is 9. The van der Waals surface area contributed by atoms with Crippen LogP contribution in [0.5, 0.6) is 23.0 Å². The van der Waals surface area contributed by atoms with Gasteiger partial charge in [0.1, 0.15) is 11.9 Å². The lowest BCUT2D eigenvalue weighted by Crippen LogP contribution is -2.46. The summed E-state index contributed by atoms with van der Waals surface area (Å²) in [7, 11) is 1.33. The Morgan fingerprint density at radius 1 is 1.05 bits per heavy atom. The molecule has 3 aromatic carbocycles. The molecule has 0 saturated heterocycles. The topological polar surface area (TPSA) is 86.3 Å². The molecule has 3 aliphatic rings. The molecule has 2 atom stereocenters. The van der Waals surface area contributed by atoms with E-state index in [-0.39, 0.29) is 24.9 Å². The van der Waals surface area contributed by atoms with E-state index in [4.69, 9.17) is 18.9 Å². The van der Waals surface area contributed by atoms with E-state index in [2.05, 4.69) is 5.32 Å². The predicted molar refractivity (Wildman–Crippen MR) is 148 cm³/mol. The van der Waals surface area contributed by atoms with Gasteiger partial charge >= 0.3 is 5.97 Å². The first-order valence-electron chi connectivity index (χ1n) is 13.8. The summed E-state index contributed by atoms with van der Waals surface area (Å²) in [5.41, 5.74) is 3.42. The van der Waals surface area contributed by atoms with Gasteiger partial charge in [0.2, 0.25) is 6.79 Å². The van der Waals surface area contributed by atoms with Crippen LogP contribution in [0.15, 0.2) is 77.9 Å². The highest BCUT2D eigenvalue weighted by atomic mass is 19.1. The summed E-state index contributed by atoms with van der Waals surface area (Å²) in [6.45, 7) is 0.515. The van der Waals surface area contributed by atoms with Crippen LogP contribution in [0.3, 0.4) is 0 Å². The summed E-state index contributed by atoms with van der Waals surface area (Å²) in [6.07, 6.45) is 2.98. The van der Waals surface area contributed by atoms with Crippen LogP contribution >= 0.6 is 0 Å².